The Kier molecular flexibility index (Phi) is 4.47. The molecule has 5 nitrogen and oxygen atoms in total. The van der Waals surface area contributed by atoms with Gasteiger partial charge in [0.05, 0.1) is 6.33 Å². The van der Waals surface area contributed by atoms with Gasteiger partial charge in [-0.2, -0.15) is 0 Å². The highest BCUT2D eigenvalue weighted by Gasteiger charge is 2.22. The zero-order valence-corrected chi connectivity index (χ0v) is 12.8. The quantitative estimate of drug-likeness (QED) is 0.920. The number of nitrogens with zero attached hydrogens (tertiary/aromatic N) is 2. The molecule has 1 atom stereocenters. The summed E-state index contributed by atoms with van der Waals surface area (Å²) in [4.78, 5) is 3.82. The zero-order valence-electron chi connectivity index (χ0n) is 11.2. The lowest BCUT2D eigenvalue weighted by molar-refractivity contribution is 0.571. The molecule has 0 amide bonds. The van der Waals surface area contributed by atoms with Crippen LogP contribution in [0.4, 0.5) is 0 Å². The lowest BCUT2D eigenvalue weighted by Gasteiger charge is -2.12. The number of sulfonamides is 1. The molecule has 0 saturated carbocycles. The van der Waals surface area contributed by atoms with E-state index in [2.05, 4.69) is 9.71 Å². The maximum atomic E-state index is 12.1. The molecule has 0 aliphatic rings. The predicted molar refractivity (Wildman–Crippen MR) is 78.3 cm³/mol. The Morgan fingerprint density at radius 3 is 2.55 bits per heavy atom. The van der Waals surface area contributed by atoms with E-state index in [1.165, 1.54) is 10.9 Å². The number of hydrogen-bond donors (Lipinski definition) is 1. The maximum absolute atomic E-state index is 12.1. The molecule has 1 N–H and O–H groups in total. The number of hydrogen-bond acceptors (Lipinski definition) is 3. The van der Waals surface area contributed by atoms with E-state index in [4.69, 9.17) is 11.6 Å². The Hall–Kier alpha value is -1.37. The van der Waals surface area contributed by atoms with Gasteiger partial charge in [0.2, 0.25) is 5.03 Å². The molecule has 7 heteroatoms. The van der Waals surface area contributed by atoms with Gasteiger partial charge >= 0.3 is 0 Å². The molecular weight excluding hydrogens is 298 g/mol. The van der Waals surface area contributed by atoms with E-state index in [1.807, 2.05) is 37.3 Å². The number of halogens is 1. The second-order valence-corrected chi connectivity index (χ2v) is 6.66. The first-order valence-electron chi connectivity index (χ1n) is 6.13. The van der Waals surface area contributed by atoms with Crippen molar-refractivity contribution in [1.82, 2.24) is 14.3 Å². The minimum atomic E-state index is -3.69. The highest BCUT2D eigenvalue weighted by molar-refractivity contribution is 7.89. The zero-order chi connectivity index (χ0) is 14.8. The predicted octanol–water partition coefficient (Wildman–Crippen LogP) is 2.16. The van der Waals surface area contributed by atoms with Crippen LogP contribution in [-0.4, -0.2) is 24.5 Å². The lowest BCUT2D eigenvalue weighted by Crippen LogP contribution is -2.28. The summed E-state index contributed by atoms with van der Waals surface area (Å²) in [7, 11) is -2.05. The minimum Gasteiger partial charge on any atom is -0.324 e. The van der Waals surface area contributed by atoms with Crippen LogP contribution in [0.15, 0.2) is 41.7 Å². The van der Waals surface area contributed by atoms with Gasteiger partial charge in [0.15, 0.2) is 0 Å². The topological polar surface area (TPSA) is 64.0 Å². The van der Waals surface area contributed by atoms with Crippen molar-refractivity contribution in [3.05, 3.63) is 47.4 Å². The van der Waals surface area contributed by atoms with Gasteiger partial charge in [0.1, 0.15) is 5.15 Å². The van der Waals surface area contributed by atoms with Gasteiger partial charge < -0.3 is 4.57 Å². The Morgan fingerprint density at radius 1 is 1.35 bits per heavy atom. The molecule has 1 aromatic carbocycles. The average molecular weight is 314 g/mol. The van der Waals surface area contributed by atoms with E-state index >= 15 is 0 Å². The van der Waals surface area contributed by atoms with Crippen molar-refractivity contribution in [1.29, 1.82) is 0 Å². The molecule has 0 bridgehead atoms. The standard InChI is InChI=1S/C13H16ClN3O2S/c1-10(11-6-4-3-5-7-11)8-16-20(18,19)13-12(14)17(2)9-15-13/h3-7,9-10,16H,8H2,1-2H3. The molecule has 0 radical (unpaired) electrons. The largest absolute Gasteiger partial charge is 0.324 e. The van der Waals surface area contributed by atoms with Crippen LogP contribution in [0.1, 0.15) is 18.4 Å². The molecule has 1 aromatic heterocycles. The number of aromatic nitrogens is 2. The molecule has 1 heterocycles. The number of aryl methyl sites for hydroxylation is 1. The smallest absolute Gasteiger partial charge is 0.261 e. The molecule has 0 spiro atoms. The van der Waals surface area contributed by atoms with Gasteiger partial charge in [-0.25, -0.2) is 18.1 Å². The maximum Gasteiger partial charge on any atom is 0.261 e. The van der Waals surface area contributed by atoms with Crippen LogP contribution in [-0.2, 0) is 17.1 Å². The molecule has 0 aliphatic heterocycles. The first-order chi connectivity index (χ1) is 9.42. The Labute approximate surface area is 123 Å². The van der Waals surface area contributed by atoms with Crippen LogP contribution in [0.2, 0.25) is 5.15 Å². The first-order valence-corrected chi connectivity index (χ1v) is 7.99. The van der Waals surface area contributed by atoms with Crippen molar-refractivity contribution in [2.75, 3.05) is 6.54 Å². The second-order valence-electron chi connectivity index (χ2n) is 4.62. The van der Waals surface area contributed by atoms with Gasteiger partial charge in [-0.05, 0) is 11.5 Å². The summed E-state index contributed by atoms with van der Waals surface area (Å²) >= 11 is 5.91. The summed E-state index contributed by atoms with van der Waals surface area (Å²) in [6.07, 6.45) is 1.37. The summed E-state index contributed by atoms with van der Waals surface area (Å²) in [5.74, 6) is 0.0634. The van der Waals surface area contributed by atoms with Crippen molar-refractivity contribution in [2.24, 2.45) is 7.05 Å². The lowest BCUT2D eigenvalue weighted by atomic mass is 10.0. The van der Waals surface area contributed by atoms with Gasteiger partial charge in [-0.3, -0.25) is 0 Å². The van der Waals surface area contributed by atoms with E-state index in [0.29, 0.717) is 6.54 Å². The fourth-order valence-electron chi connectivity index (χ4n) is 1.78. The highest BCUT2D eigenvalue weighted by Crippen LogP contribution is 2.19. The van der Waals surface area contributed by atoms with Crippen LogP contribution in [0.3, 0.4) is 0 Å². The third-order valence-corrected chi connectivity index (χ3v) is 4.95. The van der Waals surface area contributed by atoms with Crippen molar-refractivity contribution in [3.63, 3.8) is 0 Å². The summed E-state index contributed by atoms with van der Waals surface area (Å²) in [5.41, 5.74) is 1.07. The molecular formula is C13H16ClN3O2S. The first kappa shape index (κ1) is 15.0. The normalized spacial score (nSPS) is 13.3. The van der Waals surface area contributed by atoms with Crippen molar-refractivity contribution < 1.29 is 8.42 Å². The fraction of sp³-hybridized carbons (Fsp3) is 0.308. The SMILES string of the molecule is CC(CNS(=O)(=O)c1ncn(C)c1Cl)c1ccccc1. The van der Waals surface area contributed by atoms with Crippen LogP contribution in [0, 0.1) is 0 Å². The molecule has 0 fully saturated rings. The van der Waals surface area contributed by atoms with E-state index in [-0.39, 0.29) is 16.1 Å². The molecule has 108 valence electrons. The Bertz CT molecular complexity index is 683. The van der Waals surface area contributed by atoms with Crippen molar-refractivity contribution in [3.8, 4) is 0 Å². The monoisotopic (exact) mass is 313 g/mol. The van der Waals surface area contributed by atoms with Gasteiger partial charge in [0.25, 0.3) is 10.0 Å². The Balaban J connectivity index is 2.09. The van der Waals surface area contributed by atoms with E-state index in [9.17, 15) is 8.42 Å². The van der Waals surface area contributed by atoms with E-state index < -0.39 is 10.0 Å². The molecule has 1 unspecified atom stereocenters. The highest BCUT2D eigenvalue weighted by atomic mass is 35.5. The summed E-state index contributed by atoms with van der Waals surface area (Å²) in [5, 5.41) is -0.0354. The Morgan fingerprint density at radius 2 is 2.00 bits per heavy atom. The summed E-state index contributed by atoms with van der Waals surface area (Å²) in [6, 6.07) is 9.71. The summed E-state index contributed by atoms with van der Waals surface area (Å²) in [6.45, 7) is 2.25. The van der Waals surface area contributed by atoms with Gasteiger partial charge in [0, 0.05) is 13.6 Å². The van der Waals surface area contributed by atoms with Crippen LogP contribution < -0.4 is 4.72 Å². The van der Waals surface area contributed by atoms with Crippen molar-refractivity contribution >= 4 is 21.6 Å². The molecule has 0 saturated heterocycles. The second kappa shape index (κ2) is 5.95. The number of rotatable bonds is 5. The number of nitrogens with one attached hydrogen (secondary N) is 1. The minimum absolute atomic E-state index is 0.0634. The van der Waals surface area contributed by atoms with Crippen LogP contribution >= 0.6 is 11.6 Å². The third-order valence-electron chi connectivity index (χ3n) is 3.04. The van der Waals surface area contributed by atoms with Crippen molar-refractivity contribution in [2.45, 2.75) is 17.9 Å². The third kappa shape index (κ3) is 3.20. The molecule has 0 aliphatic carbocycles. The van der Waals surface area contributed by atoms with Gasteiger partial charge in [-0.15, -0.1) is 0 Å². The van der Waals surface area contributed by atoms with Gasteiger partial charge in [-0.1, -0.05) is 48.9 Å². The average Bonchev–Trinajstić information content (AvgIpc) is 2.78. The number of imidazole rings is 1. The fourth-order valence-corrected chi connectivity index (χ4v) is 3.33. The number of benzene rings is 1. The molecule has 2 aromatic rings. The van der Waals surface area contributed by atoms with E-state index in [1.54, 1.807) is 7.05 Å². The van der Waals surface area contributed by atoms with Crippen LogP contribution in [0.25, 0.3) is 0 Å². The molecule has 20 heavy (non-hydrogen) atoms. The summed E-state index contributed by atoms with van der Waals surface area (Å²) < 4.78 is 28.3. The van der Waals surface area contributed by atoms with Crippen LogP contribution in [0.5, 0.6) is 0 Å². The molecule has 2 rings (SSSR count). The van der Waals surface area contributed by atoms with E-state index in [0.717, 1.165) is 5.56 Å².